The molecule has 0 aliphatic rings. The van der Waals surface area contributed by atoms with Crippen LogP contribution in [-0.2, 0) is 16.0 Å². The van der Waals surface area contributed by atoms with Crippen molar-refractivity contribution >= 4 is 23.3 Å². The van der Waals surface area contributed by atoms with Crippen LogP contribution < -0.4 is 5.32 Å². The molecular weight excluding hydrogens is 392 g/mol. The van der Waals surface area contributed by atoms with Gasteiger partial charge in [0.1, 0.15) is 0 Å². The highest BCUT2D eigenvalue weighted by Gasteiger charge is 2.30. The molecule has 0 saturated carbocycles. The van der Waals surface area contributed by atoms with Gasteiger partial charge in [-0.2, -0.15) is 0 Å². The first kappa shape index (κ1) is 21.9. The lowest BCUT2D eigenvalue weighted by molar-refractivity contribution is -0.146. The van der Waals surface area contributed by atoms with Gasteiger partial charge < -0.3 is 10.4 Å². The molecule has 0 bridgehead atoms. The maximum Gasteiger partial charge on any atom is 0.309 e. The molecule has 0 atom stereocenters. The van der Waals surface area contributed by atoms with Crippen molar-refractivity contribution in [2.45, 2.75) is 26.7 Å². The van der Waals surface area contributed by atoms with E-state index >= 15 is 0 Å². The lowest BCUT2D eigenvalue weighted by atomic mass is 9.85. The van der Waals surface area contributed by atoms with Crippen molar-refractivity contribution < 1.29 is 19.5 Å². The van der Waals surface area contributed by atoms with Crippen molar-refractivity contribution in [2.24, 2.45) is 5.41 Å². The second kappa shape index (κ2) is 9.34. The summed E-state index contributed by atoms with van der Waals surface area (Å²) in [4.78, 5) is 39.8. The predicted octanol–water partition coefficient (Wildman–Crippen LogP) is 4.61. The molecule has 1 heterocycles. The average Bonchev–Trinajstić information content (AvgIpc) is 2.74. The molecule has 1 amide bonds. The second-order valence-corrected chi connectivity index (χ2v) is 8.03. The van der Waals surface area contributed by atoms with E-state index < -0.39 is 11.4 Å². The zero-order valence-electron chi connectivity index (χ0n) is 17.5. The zero-order chi connectivity index (χ0) is 22.4. The van der Waals surface area contributed by atoms with Crippen LogP contribution in [0.5, 0.6) is 0 Å². The van der Waals surface area contributed by atoms with Crippen molar-refractivity contribution in [3.8, 4) is 11.1 Å². The first-order valence-electron chi connectivity index (χ1n) is 9.90. The molecule has 6 nitrogen and oxygen atoms in total. The van der Waals surface area contributed by atoms with Gasteiger partial charge in [-0.25, -0.2) is 0 Å². The molecule has 0 unspecified atom stereocenters. The molecule has 0 fully saturated rings. The Kier molecular flexibility index (Phi) is 6.60. The highest BCUT2D eigenvalue weighted by molar-refractivity contribution is 5.99. The zero-order valence-corrected chi connectivity index (χ0v) is 17.5. The van der Waals surface area contributed by atoms with Crippen LogP contribution in [0.4, 0.5) is 5.69 Å². The van der Waals surface area contributed by atoms with Gasteiger partial charge in [0.05, 0.1) is 11.8 Å². The predicted molar refractivity (Wildman–Crippen MR) is 119 cm³/mol. The van der Waals surface area contributed by atoms with Gasteiger partial charge in [0.25, 0.3) is 0 Å². The van der Waals surface area contributed by atoms with Crippen molar-refractivity contribution in [1.82, 2.24) is 4.98 Å². The van der Waals surface area contributed by atoms with E-state index in [1.54, 1.807) is 44.4 Å². The second-order valence-electron chi connectivity index (χ2n) is 8.03. The van der Waals surface area contributed by atoms with Crippen LogP contribution in [0.2, 0.25) is 0 Å². The van der Waals surface area contributed by atoms with E-state index in [1.807, 2.05) is 42.5 Å². The number of rotatable bonds is 8. The summed E-state index contributed by atoms with van der Waals surface area (Å²) >= 11 is 0. The minimum atomic E-state index is -1.10. The van der Waals surface area contributed by atoms with Gasteiger partial charge in [-0.15, -0.1) is 0 Å². The van der Waals surface area contributed by atoms with Crippen LogP contribution in [0.25, 0.3) is 11.1 Å². The molecule has 6 heteroatoms. The number of benzene rings is 2. The normalized spacial score (nSPS) is 11.0. The number of amides is 1. The van der Waals surface area contributed by atoms with Crippen molar-refractivity contribution in [2.75, 3.05) is 5.32 Å². The number of carbonyl (C=O) groups excluding carboxylic acids is 2. The molecule has 0 aliphatic heterocycles. The van der Waals surface area contributed by atoms with Crippen LogP contribution in [-0.4, -0.2) is 27.8 Å². The maximum atomic E-state index is 12.4. The van der Waals surface area contributed by atoms with E-state index in [9.17, 15) is 19.5 Å². The Labute approximate surface area is 181 Å². The Hall–Kier alpha value is -3.80. The lowest BCUT2D eigenvalue weighted by Gasteiger charge is -2.17. The molecule has 2 aromatic carbocycles. The topological polar surface area (TPSA) is 96.4 Å². The van der Waals surface area contributed by atoms with E-state index in [-0.39, 0.29) is 24.5 Å². The molecule has 158 valence electrons. The number of ketones is 1. The fraction of sp³-hybridized carbons (Fsp3) is 0.200. The number of nitrogens with zero attached hydrogens (tertiary/aromatic N) is 1. The number of hydrogen-bond donors (Lipinski definition) is 2. The van der Waals surface area contributed by atoms with E-state index in [0.717, 1.165) is 16.7 Å². The molecule has 31 heavy (non-hydrogen) atoms. The largest absolute Gasteiger partial charge is 0.481 e. The average molecular weight is 416 g/mol. The van der Waals surface area contributed by atoms with Gasteiger partial charge in [-0.3, -0.25) is 19.4 Å². The Morgan fingerprint density at radius 2 is 1.55 bits per heavy atom. The molecule has 3 aromatic rings. The monoisotopic (exact) mass is 416 g/mol. The summed E-state index contributed by atoms with van der Waals surface area (Å²) in [7, 11) is 0. The van der Waals surface area contributed by atoms with Crippen molar-refractivity contribution in [1.29, 1.82) is 0 Å². The number of anilines is 1. The molecule has 0 radical (unpaired) electrons. The maximum absolute atomic E-state index is 12.4. The first-order chi connectivity index (χ1) is 14.7. The quantitative estimate of drug-likeness (QED) is 0.523. The molecule has 1 aromatic heterocycles. The SMILES string of the molecule is CC(C)(CC(=O)c1ccc(-c2ccc(NC(=O)Cc3cccnc3)cc2)cc1)C(=O)O. The van der Waals surface area contributed by atoms with Gasteiger partial charge >= 0.3 is 5.97 Å². The number of nitrogens with one attached hydrogen (secondary N) is 1. The van der Waals surface area contributed by atoms with Gasteiger partial charge in [0.15, 0.2) is 5.78 Å². The van der Waals surface area contributed by atoms with Crippen molar-refractivity contribution in [3.63, 3.8) is 0 Å². The Bertz CT molecular complexity index is 1070. The fourth-order valence-electron chi connectivity index (χ4n) is 3.07. The number of aliphatic carboxylic acids is 1. The van der Waals surface area contributed by atoms with Crippen LogP contribution >= 0.6 is 0 Å². The number of carboxylic acid groups (broad SMARTS) is 1. The molecule has 0 aliphatic carbocycles. The summed E-state index contributed by atoms with van der Waals surface area (Å²) in [5, 5.41) is 12.1. The summed E-state index contributed by atoms with van der Waals surface area (Å²) in [6.45, 7) is 3.08. The van der Waals surface area contributed by atoms with Crippen LogP contribution in [0.1, 0.15) is 36.2 Å². The van der Waals surface area contributed by atoms with Gasteiger partial charge in [-0.05, 0) is 48.7 Å². The van der Waals surface area contributed by atoms with Crippen molar-refractivity contribution in [3.05, 3.63) is 84.2 Å². The highest BCUT2D eigenvalue weighted by atomic mass is 16.4. The summed E-state index contributed by atoms with van der Waals surface area (Å²) in [6, 6.07) is 18.2. The van der Waals surface area contributed by atoms with Crippen LogP contribution in [0, 0.1) is 5.41 Å². The minimum Gasteiger partial charge on any atom is -0.481 e. The standard InChI is InChI=1S/C25H24N2O4/c1-25(2,24(30)31)15-22(28)20-7-5-18(6-8-20)19-9-11-21(12-10-19)27-23(29)14-17-4-3-13-26-16-17/h3-13,16H,14-15H2,1-2H3,(H,27,29)(H,30,31). The molecular formula is C25H24N2O4. The Morgan fingerprint density at radius 1 is 0.935 bits per heavy atom. The molecule has 3 rings (SSSR count). The Balaban J connectivity index is 1.62. The smallest absolute Gasteiger partial charge is 0.309 e. The summed E-state index contributed by atoms with van der Waals surface area (Å²) in [5.41, 5.74) is 2.78. The van der Waals surface area contributed by atoms with E-state index in [1.165, 1.54) is 0 Å². The summed E-state index contributed by atoms with van der Waals surface area (Å²) in [6.07, 6.45) is 3.53. The molecule has 0 saturated heterocycles. The van der Waals surface area contributed by atoms with Gasteiger partial charge in [0.2, 0.25) is 5.91 Å². The van der Waals surface area contributed by atoms with Crippen LogP contribution in [0.15, 0.2) is 73.1 Å². The fourth-order valence-corrected chi connectivity index (χ4v) is 3.07. The summed E-state index contributed by atoms with van der Waals surface area (Å²) in [5.74, 6) is -1.32. The van der Waals surface area contributed by atoms with Gasteiger partial charge in [-0.1, -0.05) is 42.5 Å². The van der Waals surface area contributed by atoms with E-state index in [0.29, 0.717) is 11.3 Å². The number of hydrogen-bond acceptors (Lipinski definition) is 4. The number of aromatic nitrogens is 1. The number of carboxylic acids is 1. The number of Topliss-reactive ketones (excluding diaryl/α,β-unsaturated/α-hetero) is 1. The Morgan fingerprint density at radius 3 is 2.10 bits per heavy atom. The number of pyridine rings is 1. The van der Waals surface area contributed by atoms with E-state index in [4.69, 9.17) is 0 Å². The van der Waals surface area contributed by atoms with E-state index in [2.05, 4.69) is 10.3 Å². The highest BCUT2D eigenvalue weighted by Crippen LogP contribution is 2.26. The molecule has 0 spiro atoms. The molecule has 2 N–H and O–H groups in total. The minimum absolute atomic E-state index is 0.0604. The third-order valence-electron chi connectivity index (χ3n) is 4.98. The van der Waals surface area contributed by atoms with Gasteiger partial charge in [0, 0.05) is 30.1 Å². The third kappa shape index (κ3) is 5.85. The number of carbonyl (C=O) groups is 3. The van der Waals surface area contributed by atoms with Crippen LogP contribution in [0.3, 0.4) is 0 Å². The summed E-state index contributed by atoms with van der Waals surface area (Å²) < 4.78 is 0. The first-order valence-corrected chi connectivity index (χ1v) is 9.90. The third-order valence-corrected chi connectivity index (χ3v) is 4.98. The lowest BCUT2D eigenvalue weighted by Crippen LogP contribution is -2.26.